The third-order valence-corrected chi connectivity index (χ3v) is 3.99. The summed E-state index contributed by atoms with van der Waals surface area (Å²) in [6.07, 6.45) is 3.70. The van der Waals surface area contributed by atoms with Crippen molar-refractivity contribution in [1.29, 1.82) is 0 Å². The Morgan fingerprint density at radius 1 is 1.37 bits per heavy atom. The molecule has 1 N–H and O–H groups in total. The second-order valence-electron chi connectivity index (χ2n) is 5.63. The number of rotatable bonds is 4. The van der Waals surface area contributed by atoms with Gasteiger partial charge in [0.05, 0.1) is 4.92 Å². The summed E-state index contributed by atoms with van der Waals surface area (Å²) in [5, 5.41) is 14.4. The average Bonchev–Trinajstić information content (AvgIpc) is 3.12. The van der Waals surface area contributed by atoms with Gasteiger partial charge in [-0.3, -0.25) is 15.0 Å². The molecule has 5 heteroatoms. The van der Waals surface area contributed by atoms with Crippen molar-refractivity contribution in [1.82, 2.24) is 4.90 Å². The normalized spacial score (nSPS) is 23.5. The van der Waals surface area contributed by atoms with Crippen LogP contribution < -0.4 is 5.32 Å². The number of nitro benzene ring substituents is 1. The molecule has 1 aromatic rings. The van der Waals surface area contributed by atoms with Crippen LogP contribution in [-0.4, -0.2) is 35.0 Å². The van der Waals surface area contributed by atoms with Crippen LogP contribution in [0.3, 0.4) is 0 Å². The van der Waals surface area contributed by atoms with Crippen LogP contribution >= 0.6 is 0 Å². The summed E-state index contributed by atoms with van der Waals surface area (Å²) in [4.78, 5) is 13.3. The lowest BCUT2D eigenvalue weighted by molar-refractivity contribution is -0.384. The number of hydrogen-bond donors (Lipinski definition) is 1. The van der Waals surface area contributed by atoms with Crippen molar-refractivity contribution in [3.63, 3.8) is 0 Å². The summed E-state index contributed by atoms with van der Waals surface area (Å²) in [7, 11) is 0. The molecule has 3 rings (SSSR count). The zero-order chi connectivity index (χ0) is 13.4. The molecule has 1 aromatic carbocycles. The Hall–Kier alpha value is -1.62. The van der Waals surface area contributed by atoms with E-state index in [9.17, 15) is 10.1 Å². The Morgan fingerprint density at radius 3 is 2.84 bits per heavy atom. The maximum atomic E-state index is 11.1. The number of nitrogens with one attached hydrogen (secondary N) is 1. The Morgan fingerprint density at radius 2 is 2.16 bits per heavy atom. The second kappa shape index (κ2) is 4.81. The minimum Gasteiger partial charge on any atom is -0.375 e. The van der Waals surface area contributed by atoms with Gasteiger partial charge in [0.15, 0.2) is 0 Å². The molecule has 0 amide bonds. The van der Waals surface area contributed by atoms with E-state index in [1.54, 1.807) is 6.07 Å². The summed E-state index contributed by atoms with van der Waals surface area (Å²) in [6, 6.07) is 6.49. The van der Waals surface area contributed by atoms with Gasteiger partial charge < -0.3 is 5.32 Å². The summed E-state index contributed by atoms with van der Waals surface area (Å²) in [5.74, 6) is 0. The van der Waals surface area contributed by atoms with E-state index < -0.39 is 0 Å². The summed E-state index contributed by atoms with van der Waals surface area (Å²) in [5.41, 5.74) is 1.76. The van der Waals surface area contributed by atoms with Crippen LogP contribution in [0.5, 0.6) is 0 Å². The van der Waals surface area contributed by atoms with E-state index >= 15 is 0 Å². The molecule has 2 fully saturated rings. The fourth-order valence-corrected chi connectivity index (χ4v) is 2.81. The quantitative estimate of drug-likeness (QED) is 0.668. The lowest BCUT2D eigenvalue weighted by atomic mass is 10.1. The molecule has 19 heavy (non-hydrogen) atoms. The van der Waals surface area contributed by atoms with Gasteiger partial charge in [0.1, 0.15) is 5.69 Å². The molecule has 5 nitrogen and oxygen atoms in total. The number of benzene rings is 1. The van der Waals surface area contributed by atoms with Crippen LogP contribution in [0.25, 0.3) is 0 Å². The number of nitrogens with zero attached hydrogens (tertiary/aromatic N) is 2. The number of aryl methyl sites for hydroxylation is 1. The molecule has 0 aromatic heterocycles. The highest BCUT2D eigenvalue weighted by Gasteiger charge is 2.34. The molecule has 0 bridgehead atoms. The third-order valence-electron chi connectivity index (χ3n) is 3.99. The Kier molecular flexibility index (Phi) is 3.14. The highest BCUT2D eigenvalue weighted by atomic mass is 16.6. The van der Waals surface area contributed by atoms with E-state index in [1.807, 2.05) is 19.1 Å². The lowest BCUT2D eigenvalue weighted by Crippen LogP contribution is -2.27. The maximum Gasteiger partial charge on any atom is 0.292 e. The standard InChI is InChI=1S/C14H19N3O2/c1-10-2-5-13(14(8-10)17(18)19)15-11-6-7-16(9-11)12-3-4-12/h2,5,8,11-12,15H,3-4,6-7,9H2,1H3. The fraction of sp³-hybridized carbons (Fsp3) is 0.571. The van der Waals surface area contributed by atoms with Crippen molar-refractivity contribution in [2.45, 2.75) is 38.3 Å². The van der Waals surface area contributed by atoms with Gasteiger partial charge in [-0.2, -0.15) is 0 Å². The minimum absolute atomic E-state index is 0.185. The first-order valence-electron chi connectivity index (χ1n) is 6.89. The molecule has 1 unspecified atom stereocenters. The lowest BCUT2D eigenvalue weighted by Gasteiger charge is -2.16. The van der Waals surface area contributed by atoms with Crippen molar-refractivity contribution < 1.29 is 4.92 Å². The van der Waals surface area contributed by atoms with Gasteiger partial charge in [-0.05, 0) is 37.8 Å². The van der Waals surface area contributed by atoms with Gasteiger partial charge >= 0.3 is 0 Å². The van der Waals surface area contributed by atoms with E-state index in [1.165, 1.54) is 12.8 Å². The minimum atomic E-state index is -0.303. The van der Waals surface area contributed by atoms with Crippen LogP contribution in [0.15, 0.2) is 18.2 Å². The predicted molar refractivity (Wildman–Crippen MR) is 74.5 cm³/mol. The van der Waals surface area contributed by atoms with E-state index in [-0.39, 0.29) is 10.6 Å². The van der Waals surface area contributed by atoms with Gasteiger partial charge in [-0.15, -0.1) is 0 Å². The number of nitro groups is 1. The number of hydrogen-bond acceptors (Lipinski definition) is 4. The zero-order valence-electron chi connectivity index (χ0n) is 11.1. The van der Waals surface area contributed by atoms with Crippen molar-refractivity contribution in [3.8, 4) is 0 Å². The molecular formula is C14H19N3O2. The number of anilines is 1. The molecule has 1 aliphatic heterocycles. The largest absolute Gasteiger partial charge is 0.375 e. The van der Waals surface area contributed by atoms with Crippen molar-refractivity contribution >= 4 is 11.4 Å². The first-order chi connectivity index (χ1) is 9.13. The fourth-order valence-electron chi connectivity index (χ4n) is 2.81. The van der Waals surface area contributed by atoms with Crippen molar-refractivity contribution in [2.75, 3.05) is 18.4 Å². The molecule has 102 valence electrons. The summed E-state index contributed by atoms with van der Waals surface area (Å²) in [6.45, 7) is 4.00. The summed E-state index contributed by atoms with van der Waals surface area (Å²) < 4.78 is 0. The second-order valence-corrected chi connectivity index (χ2v) is 5.63. The van der Waals surface area contributed by atoms with E-state index in [0.29, 0.717) is 11.7 Å². The summed E-state index contributed by atoms with van der Waals surface area (Å²) >= 11 is 0. The molecule has 0 radical (unpaired) electrons. The SMILES string of the molecule is Cc1ccc(NC2CCN(C3CC3)C2)c([N+](=O)[O-])c1. The van der Waals surface area contributed by atoms with Gasteiger partial charge in [-0.25, -0.2) is 0 Å². The molecule has 1 aliphatic carbocycles. The van der Waals surface area contributed by atoms with Gasteiger partial charge in [0.2, 0.25) is 0 Å². The van der Waals surface area contributed by atoms with E-state index in [4.69, 9.17) is 0 Å². The Labute approximate surface area is 112 Å². The van der Waals surface area contributed by atoms with E-state index in [2.05, 4.69) is 10.2 Å². The van der Waals surface area contributed by atoms with Crippen molar-refractivity contribution in [3.05, 3.63) is 33.9 Å². The predicted octanol–water partition coefficient (Wildman–Crippen LogP) is 2.55. The number of likely N-dealkylation sites (tertiary alicyclic amines) is 1. The van der Waals surface area contributed by atoms with Crippen LogP contribution in [0.4, 0.5) is 11.4 Å². The molecule has 1 atom stereocenters. The van der Waals surface area contributed by atoms with Crippen LogP contribution in [0.2, 0.25) is 0 Å². The molecule has 1 saturated heterocycles. The van der Waals surface area contributed by atoms with Crippen LogP contribution in [0, 0.1) is 17.0 Å². The van der Waals surface area contributed by atoms with Gasteiger partial charge in [-0.1, -0.05) is 6.07 Å². The van der Waals surface area contributed by atoms with Crippen molar-refractivity contribution in [2.24, 2.45) is 0 Å². The molecule has 2 aliphatic rings. The van der Waals surface area contributed by atoms with Crippen LogP contribution in [0.1, 0.15) is 24.8 Å². The Bertz CT molecular complexity index is 499. The zero-order valence-corrected chi connectivity index (χ0v) is 11.1. The molecule has 0 spiro atoms. The topological polar surface area (TPSA) is 58.4 Å². The molecule has 1 heterocycles. The molecular weight excluding hydrogens is 242 g/mol. The highest BCUT2D eigenvalue weighted by Crippen LogP contribution is 2.32. The van der Waals surface area contributed by atoms with Gasteiger partial charge in [0.25, 0.3) is 5.69 Å². The molecule has 1 saturated carbocycles. The highest BCUT2D eigenvalue weighted by molar-refractivity contribution is 5.63. The Balaban J connectivity index is 1.71. The van der Waals surface area contributed by atoms with Gasteiger partial charge in [0, 0.05) is 31.2 Å². The maximum absolute atomic E-state index is 11.1. The third kappa shape index (κ3) is 2.71. The smallest absolute Gasteiger partial charge is 0.292 e. The monoisotopic (exact) mass is 261 g/mol. The first-order valence-corrected chi connectivity index (χ1v) is 6.89. The van der Waals surface area contributed by atoms with Crippen LogP contribution in [-0.2, 0) is 0 Å². The first kappa shape index (κ1) is 12.4. The van der Waals surface area contributed by atoms with E-state index in [0.717, 1.165) is 31.1 Å². The average molecular weight is 261 g/mol.